The van der Waals surface area contributed by atoms with Crippen LogP contribution in [-0.4, -0.2) is 17.6 Å². The Morgan fingerprint density at radius 1 is 1.15 bits per heavy atom. The number of hydrogen-bond acceptors (Lipinski definition) is 3. The maximum absolute atomic E-state index is 12.5. The summed E-state index contributed by atoms with van der Waals surface area (Å²) in [4.78, 5) is 0.212. The van der Waals surface area contributed by atoms with Crippen molar-refractivity contribution < 1.29 is 8.42 Å². The molecule has 0 saturated heterocycles. The molecular formula is C14H17ClN2O2S. The summed E-state index contributed by atoms with van der Waals surface area (Å²) < 4.78 is 26.1. The summed E-state index contributed by atoms with van der Waals surface area (Å²) in [6.07, 6.45) is 0. The zero-order valence-corrected chi connectivity index (χ0v) is 13.5. The predicted molar refractivity (Wildman–Crippen MR) is 79.8 cm³/mol. The smallest absolute Gasteiger partial charge is 0.199 e. The number of nitrogens with zero attached hydrogens (tertiary/aromatic N) is 2. The molecule has 1 aromatic heterocycles. The molecule has 0 saturated carbocycles. The standard InChI is InChI=1S/C14H17ClN2O2S/c1-9(2)12-5-7-13(8-6-12)20(18,19)17-11(4)14(15)10(3)16-17/h5-9H,1-4H3. The van der Waals surface area contributed by atoms with E-state index in [-0.39, 0.29) is 4.90 Å². The number of aryl methyl sites for hydroxylation is 1. The number of benzene rings is 1. The largest absolute Gasteiger partial charge is 0.283 e. The first kappa shape index (κ1) is 15.1. The van der Waals surface area contributed by atoms with E-state index in [4.69, 9.17) is 11.6 Å². The van der Waals surface area contributed by atoms with Gasteiger partial charge in [-0.05, 0) is 37.5 Å². The summed E-state index contributed by atoms with van der Waals surface area (Å²) in [6, 6.07) is 6.86. The van der Waals surface area contributed by atoms with Gasteiger partial charge in [0.05, 0.1) is 21.3 Å². The molecule has 0 aliphatic carbocycles. The van der Waals surface area contributed by atoms with Crippen LogP contribution in [0.3, 0.4) is 0 Å². The average molecular weight is 313 g/mol. The minimum atomic E-state index is -3.69. The summed E-state index contributed by atoms with van der Waals surface area (Å²) in [5.41, 5.74) is 2.03. The van der Waals surface area contributed by atoms with Crippen molar-refractivity contribution in [2.45, 2.75) is 38.5 Å². The Balaban J connectivity index is 2.52. The second-order valence-electron chi connectivity index (χ2n) is 5.06. The number of rotatable bonds is 3. The van der Waals surface area contributed by atoms with Crippen molar-refractivity contribution in [2.75, 3.05) is 0 Å². The highest BCUT2D eigenvalue weighted by atomic mass is 35.5. The third-order valence-corrected chi connectivity index (χ3v) is 5.46. The average Bonchev–Trinajstić information content (AvgIpc) is 2.67. The van der Waals surface area contributed by atoms with Gasteiger partial charge in [-0.2, -0.15) is 17.6 Å². The van der Waals surface area contributed by atoms with Crippen molar-refractivity contribution in [3.8, 4) is 0 Å². The molecular weight excluding hydrogens is 296 g/mol. The Hall–Kier alpha value is -1.33. The minimum absolute atomic E-state index is 0.212. The third-order valence-electron chi connectivity index (χ3n) is 3.24. The van der Waals surface area contributed by atoms with E-state index in [1.54, 1.807) is 26.0 Å². The first-order chi connectivity index (χ1) is 9.25. The van der Waals surface area contributed by atoms with Gasteiger partial charge in [0.1, 0.15) is 0 Å². The Morgan fingerprint density at radius 3 is 2.10 bits per heavy atom. The normalized spacial score (nSPS) is 12.1. The Morgan fingerprint density at radius 2 is 1.70 bits per heavy atom. The molecule has 0 spiro atoms. The molecule has 0 fully saturated rings. The monoisotopic (exact) mass is 312 g/mol. The van der Waals surface area contributed by atoms with E-state index in [2.05, 4.69) is 18.9 Å². The lowest BCUT2D eigenvalue weighted by Crippen LogP contribution is -2.16. The predicted octanol–water partition coefficient (Wildman–Crippen LogP) is 3.51. The molecule has 0 amide bonds. The van der Waals surface area contributed by atoms with Gasteiger partial charge >= 0.3 is 0 Å². The van der Waals surface area contributed by atoms with E-state index in [1.165, 1.54) is 0 Å². The highest BCUT2D eigenvalue weighted by molar-refractivity contribution is 7.89. The summed E-state index contributed by atoms with van der Waals surface area (Å²) >= 11 is 6.01. The van der Waals surface area contributed by atoms with E-state index in [9.17, 15) is 8.42 Å². The zero-order chi connectivity index (χ0) is 15.1. The molecule has 0 unspecified atom stereocenters. The van der Waals surface area contributed by atoms with Crippen LogP contribution in [0.25, 0.3) is 0 Å². The van der Waals surface area contributed by atoms with Crippen LogP contribution in [0, 0.1) is 13.8 Å². The first-order valence-electron chi connectivity index (χ1n) is 6.32. The number of halogens is 1. The molecule has 0 N–H and O–H groups in total. The Bertz CT molecular complexity index is 731. The lowest BCUT2D eigenvalue weighted by atomic mass is 10.0. The molecule has 0 radical (unpaired) electrons. The Labute approximate surface area is 124 Å². The van der Waals surface area contributed by atoms with Crippen LogP contribution in [0.5, 0.6) is 0 Å². The quantitative estimate of drug-likeness (QED) is 0.871. The van der Waals surface area contributed by atoms with Crippen molar-refractivity contribution in [3.05, 3.63) is 46.2 Å². The topological polar surface area (TPSA) is 52.0 Å². The fourth-order valence-corrected chi connectivity index (χ4v) is 3.49. The van der Waals surface area contributed by atoms with Gasteiger partial charge in [0.2, 0.25) is 0 Å². The van der Waals surface area contributed by atoms with Crippen LogP contribution < -0.4 is 0 Å². The third kappa shape index (κ3) is 2.47. The minimum Gasteiger partial charge on any atom is -0.199 e. The van der Waals surface area contributed by atoms with E-state index < -0.39 is 10.0 Å². The molecule has 0 atom stereocenters. The maximum atomic E-state index is 12.5. The van der Waals surface area contributed by atoms with Crippen LogP contribution in [0.15, 0.2) is 29.2 Å². The molecule has 1 heterocycles. The molecule has 20 heavy (non-hydrogen) atoms. The molecule has 0 bridgehead atoms. The fraction of sp³-hybridized carbons (Fsp3) is 0.357. The van der Waals surface area contributed by atoms with Crippen molar-refractivity contribution in [1.29, 1.82) is 0 Å². The van der Waals surface area contributed by atoms with Gasteiger partial charge in [-0.1, -0.05) is 37.6 Å². The SMILES string of the molecule is Cc1nn(S(=O)(=O)c2ccc(C(C)C)cc2)c(C)c1Cl. The van der Waals surface area contributed by atoms with Gasteiger partial charge in [0, 0.05) is 0 Å². The highest BCUT2D eigenvalue weighted by Crippen LogP contribution is 2.24. The van der Waals surface area contributed by atoms with E-state index in [0.29, 0.717) is 22.3 Å². The van der Waals surface area contributed by atoms with Crippen LogP contribution >= 0.6 is 11.6 Å². The molecule has 2 aromatic rings. The lowest BCUT2D eigenvalue weighted by molar-refractivity contribution is 0.577. The van der Waals surface area contributed by atoms with E-state index >= 15 is 0 Å². The van der Waals surface area contributed by atoms with Crippen LogP contribution in [0.1, 0.15) is 36.7 Å². The van der Waals surface area contributed by atoms with Crippen molar-refractivity contribution in [1.82, 2.24) is 9.19 Å². The van der Waals surface area contributed by atoms with Gasteiger partial charge in [-0.25, -0.2) is 0 Å². The van der Waals surface area contributed by atoms with Crippen LogP contribution in [-0.2, 0) is 10.0 Å². The summed E-state index contributed by atoms with van der Waals surface area (Å²) in [6.45, 7) is 7.44. The molecule has 108 valence electrons. The van der Waals surface area contributed by atoms with Gasteiger partial charge < -0.3 is 0 Å². The van der Waals surface area contributed by atoms with E-state index in [1.807, 2.05) is 12.1 Å². The van der Waals surface area contributed by atoms with E-state index in [0.717, 1.165) is 9.65 Å². The Kier molecular flexibility index (Phi) is 3.93. The van der Waals surface area contributed by atoms with Crippen LogP contribution in [0.2, 0.25) is 5.02 Å². The molecule has 2 rings (SSSR count). The molecule has 4 nitrogen and oxygen atoms in total. The van der Waals surface area contributed by atoms with Crippen LogP contribution in [0.4, 0.5) is 0 Å². The van der Waals surface area contributed by atoms with Gasteiger partial charge in [-0.3, -0.25) is 0 Å². The van der Waals surface area contributed by atoms with Gasteiger partial charge in [-0.15, -0.1) is 0 Å². The number of aromatic nitrogens is 2. The van der Waals surface area contributed by atoms with Crippen molar-refractivity contribution in [3.63, 3.8) is 0 Å². The highest BCUT2D eigenvalue weighted by Gasteiger charge is 2.23. The second kappa shape index (κ2) is 5.22. The fourth-order valence-electron chi connectivity index (χ4n) is 1.96. The van der Waals surface area contributed by atoms with Crippen molar-refractivity contribution >= 4 is 21.6 Å². The van der Waals surface area contributed by atoms with Crippen molar-refractivity contribution in [2.24, 2.45) is 0 Å². The first-order valence-corrected chi connectivity index (χ1v) is 8.14. The molecule has 1 aromatic carbocycles. The van der Waals surface area contributed by atoms with Gasteiger partial charge in [0.25, 0.3) is 10.0 Å². The summed E-state index contributed by atoms with van der Waals surface area (Å²) in [7, 11) is -3.69. The number of hydrogen-bond donors (Lipinski definition) is 0. The lowest BCUT2D eigenvalue weighted by Gasteiger charge is -2.09. The molecule has 6 heteroatoms. The maximum Gasteiger partial charge on any atom is 0.283 e. The zero-order valence-electron chi connectivity index (χ0n) is 11.9. The van der Waals surface area contributed by atoms with Gasteiger partial charge in [0.15, 0.2) is 0 Å². The molecule has 0 aliphatic rings. The summed E-state index contributed by atoms with van der Waals surface area (Å²) in [5, 5.41) is 4.39. The summed E-state index contributed by atoms with van der Waals surface area (Å²) in [5.74, 6) is 0.356. The second-order valence-corrected chi connectivity index (χ2v) is 7.20. The molecule has 0 aliphatic heterocycles.